The lowest BCUT2D eigenvalue weighted by Crippen LogP contribution is -2.33. The second kappa shape index (κ2) is 3.71. The summed E-state index contributed by atoms with van der Waals surface area (Å²) in [6.45, 7) is 0. The molecule has 1 aromatic rings. The van der Waals surface area contributed by atoms with Crippen LogP contribution in [-0.4, -0.2) is 17.5 Å². The molecule has 0 amide bonds. The Kier molecular flexibility index (Phi) is 2.61. The van der Waals surface area contributed by atoms with Gasteiger partial charge in [-0.15, -0.1) is 0 Å². The van der Waals surface area contributed by atoms with Crippen LogP contribution in [-0.2, 0) is 0 Å². The molecule has 1 aliphatic rings. The van der Waals surface area contributed by atoms with Gasteiger partial charge in [-0.3, -0.25) is 0 Å². The quantitative estimate of drug-likeness (QED) is 0.858. The van der Waals surface area contributed by atoms with Crippen LogP contribution in [0.3, 0.4) is 0 Å². The van der Waals surface area contributed by atoms with Gasteiger partial charge in [-0.05, 0) is 28.1 Å². The third-order valence-corrected chi connectivity index (χ3v) is 3.84. The summed E-state index contributed by atoms with van der Waals surface area (Å²) < 4.78 is 1.15. The Morgan fingerprint density at radius 2 is 2.08 bits per heavy atom. The van der Waals surface area contributed by atoms with E-state index < -0.39 is 0 Å². The number of hydrogen-bond donors (Lipinski definition) is 1. The Labute approximate surface area is 85.1 Å². The lowest BCUT2D eigenvalue weighted by atomic mass is 10.3. The van der Waals surface area contributed by atoms with Crippen LogP contribution in [0.1, 0.15) is 0 Å². The van der Waals surface area contributed by atoms with Crippen LogP contribution in [0.2, 0.25) is 0 Å². The van der Waals surface area contributed by atoms with Crippen molar-refractivity contribution in [2.45, 2.75) is 6.04 Å². The first-order valence-corrected chi connectivity index (χ1v) is 5.90. The Morgan fingerprint density at radius 1 is 1.33 bits per heavy atom. The predicted octanol–water partition coefficient (Wildman–Crippen LogP) is 2.98. The maximum Gasteiger partial charge on any atom is 0.0487 e. The minimum atomic E-state index is 0.675. The number of halogens is 1. The largest absolute Gasteiger partial charge is 0.380 e. The van der Waals surface area contributed by atoms with Crippen LogP contribution in [0.25, 0.3) is 0 Å². The monoisotopic (exact) mass is 243 g/mol. The van der Waals surface area contributed by atoms with Gasteiger partial charge in [-0.25, -0.2) is 0 Å². The van der Waals surface area contributed by atoms with Crippen molar-refractivity contribution < 1.29 is 0 Å². The van der Waals surface area contributed by atoms with E-state index in [0.717, 1.165) is 4.47 Å². The van der Waals surface area contributed by atoms with Crippen LogP contribution in [0.4, 0.5) is 5.69 Å². The third-order valence-electron chi connectivity index (χ3n) is 1.87. The molecule has 0 aromatic heterocycles. The number of anilines is 1. The molecule has 0 unspecified atom stereocenters. The first kappa shape index (κ1) is 8.45. The maximum absolute atomic E-state index is 3.51. The van der Waals surface area contributed by atoms with E-state index >= 15 is 0 Å². The van der Waals surface area contributed by atoms with Gasteiger partial charge in [0.05, 0.1) is 0 Å². The van der Waals surface area contributed by atoms with Crippen molar-refractivity contribution in [3.8, 4) is 0 Å². The smallest absolute Gasteiger partial charge is 0.0487 e. The highest BCUT2D eigenvalue weighted by atomic mass is 79.9. The molecule has 0 atom stereocenters. The van der Waals surface area contributed by atoms with E-state index in [9.17, 15) is 0 Å². The fourth-order valence-corrected chi connectivity index (χ4v) is 2.15. The summed E-state index contributed by atoms with van der Waals surface area (Å²) in [6, 6.07) is 8.93. The number of para-hydroxylation sites is 1. The molecule has 0 spiro atoms. The summed E-state index contributed by atoms with van der Waals surface area (Å²) in [5, 5.41) is 3.48. The summed E-state index contributed by atoms with van der Waals surface area (Å²) in [6.07, 6.45) is 0. The average Bonchev–Trinajstić information content (AvgIpc) is 2.00. The van der Waals surface area contributed by atoms with Gasteiger partial charge in [-0.2, -0.15) is 11.8 Å². The summed E-state index contributed by atoms with van der Waals surface area (Å²) in [5.74, 6) is 2.47. The van der Waals surface area contributed by atoms with Gasteiger partial charge < -0.3 is 5.32 Å². The van der Waals surface area contributed by atoms with Gasteiger partial charge in [0.15, 0.2) is 0 Å². The van der Waals surface area contributed by atoms with Gasteiger partial charge in [0, 0.05) is 27.7 Å². The Balaban J connectivity index is 2.06. The van der Waals surface area contributed by atoms with Crippen LogP contribution in [0.5, 0.6) is 0 Å². The molecule has 1 aliphatic heterocycles. The van der Waals surface area contributed by atoms with Crippen molar-refractivity contribution in [2.24, 2.45) is 0 Å². The van der Waals surface area contributed by atoms with E-state index in [2.05, 4.69) is 39.4 Å². The number of nitrogens with one attached hydrogen (secondary N) is 1. The highest BCUT2D eigenvalue weighted by Gasteiger charge is 2.17. The molecule has 3 heteroatoms. The zero-order valence-electron chi connectivity index (χ0n) is 6.59. The minimum absolute atomic E-state index is 0.675. The molecule has 1 saturated heterocycles. The standard InChI is InChI=1S/C9H10BrNS/c10-8-3-1-2-4-9(8)11-7-5-12-6-7/h1-4,7,11H,5-6H2. The van der Waals surface area contributed by atoms with E-state index in [0.29, 0.717) is 6.04 Å². The highest BCUT2D eigenvalue weighted by molar-refractivity contribution is 9.10. The fourth-order valence-electron chi connectivity index (χ4n) is 1.12. The summed E-state index contributed by atoms with van der Waals surface area (Å²) in [5.41, 5.74) is 1.21. The Hall–Kier alpha value is -0.150. The van der Waals surface area contributed by atoms with Crippen LogP contribution in [0, 0.1) is 0 Å². The molecule has 64 valence electrons. The summed E-state index contributed by atoms with van der Waals surface area (Å²) in [7, 11) is 0. The van der Waals surface area contributed by atoms with Gasteiger partial charge >= 0.3 is 0 Å². The van der Waals surface area contributed by atoms with E-state index in [-0.39, 0.29) is 0 Å². The molecule has 1 nitrogen and oxygen atoms in total. The lowest BCUT2D eigenvalue weighted by molar-refractivity contribution is 0.881. The minimum Gasteiger partial charge on any atom is -0.380 e. The number of hydrogen-bond acceptors (Lipinski definition) is 2. The number of benzene rings is 1. The van der Waals surface area contributed by atoms with Crippen LogP contribution < -0.4 is 5.32 Å². The topological polar surface area (TPSA) is 12.0 Å². The van der Waals surface area contributed by atoms with Crippen molar-refractivity contribution in [1.29, 1.82) is 0 Å². The first-order valence-electron chi connectivity index (χ1n) is 3.95. The molecule has 12 heavy (non-hydrogen) atoms. The van der Waals surface area contributed by atoms with Crippen molar-refractivity contribution >= 4 is 33.4 Å². The van der Waals surface area contributed by atoms with E-state index in [4.69, 9.17) is 0 Å². The molecule has 1 aromatic carbocycles. The second-order valence-electron chi connectivity index (χ2n) is 2.86. The Bertz CT molecular complexity index is 273. The molecule has 0 aliphatic carbocycles. The van der Waals surface area contributed by atoms with Gasteiger partial charge in [-0.1, -0.05) is 12.1 Å². The molecule has 0 bridgehead atoms. The molecule has 0 saturated carbocycles. The third kappa shape index (κ3) is 1.77. The number of rotatable bonds is 2. The van der Waals surface area contributed by atoms with Crippen molar-refractivity contribution in [2.75, 3.05) is 16.8 Å². The lowest BCUT2D eigenvalue weighted by Gasteiger charge is -2.27. The number of thioether (sulfide) groups is 1. The van der Waals surface area contributed by atoms with Gasteiger partial charge in [0.2, 0.25) is 0 Å². The molecule has 1 heterocycles. The van der Waals surface area contributed by atoms with Gasteiger partial charge in [0.1, 0.15) is 0 Å². The van der Waals surface area contributed by atoms with Gasteiger partial charge in [0.25, 0.3) is 0 Å². The average molecular weight is 244 g/mol. The molecule has 2 rings (SSSR count). The SMILES string of the molecule is Brc1ccccc1NC1CSC1. The summed E-state index contributed by atoms with van der Waals surface area (Å²) >= 11 is 5.50. The van der Waals surface area contributed by atoms with Crippen molar-refractivity contribution in [1.82, 2.24) is 0 Å². The maximum atomic E-state index is 3.51. The molecular formula is C9H10BrNS. The van der Waals surface area contributed by atoms with E-state index in [1.807, 2.05) is 17.8 Å². The molecule has 1 fully saturated rings. The van der Waals surface area contributed by atoms with Crippen LogP contribution >= 0.6 is 27.7 Å². The highest BCUT2D eigenvalue weighted by Crippen LogP contribution is 2.26. The normalized spacial score (nSPS) is 17.1. The molecule has 0 radical (unpaired) electrons. The first-order chi connectivity index (χ1) is 5.86. The zero-order chi connectivity index (χ0) is 8.39. The predicted molar refractivity (Wildman–Crippen MR) is 58.9 cm³/mol. The zero-order valence-corrected chi connectivity index (χ0v) is 8.99. The second-order valence-corrected chi connectivity index (χ2v) is 4.79. The van der Waals surface area contributed by atoms with Crippen molar-refractivity contribution in [3.63, 3.8) is 0 Å². The molecule has 1 N–H and O–H groups in total. The Morgan fingerprint density at radius 3 is 2.67 bits per heavy atom. The van der Waals surface area contributed by atoms with Crippen LogP contribution in [0.15, 0.2) is 28.7 Å². The van der Waals surface area contributed by atoms with E-state index in [1.165, 1.54) is 17.2 Å². The molecular weight excluding hydrogens is 234 g/mol. The van der Waals surface area contributed by atoms with Crippen molar-refractivity contribution in [3.05, 3.63) is 28.7 Å². The van der Waals surface area contributed by atoms with E-state index in [1.54, 1.807) is 0 Å². The summed E-state index contributed by atoms with van der Waals surface area (Å²) in [4.78, 5) is 0. The fraction of sp³-hybridized carbons (Fsp3) is 0.333.